The molecule has 0 N–H and O–H groups in total. The van der Waals surface area contributed by atoms with Crippen LogP contribution in [0, 0.1) is 11.8 Å². The molecule has 2 aromatic carbocycles. The maximum atomic E-state index is 12.5. The fourth-order valence-electron chi connectivity index (χ4n) is 7.28. The normalized spacial score (nSPS) is 23.6. The van der Waals surface area contributed by atoms with Crippen LogP contribution in [-0.4, -0.2) is 52.4 Å². The number of esters is 1. The van der Waals surface area contributed by atoms with E-state index in [1.54, 1.807) is 0 Å². The van der Waals surface area contributed by atoms with Gasteiger partial charge in [0.25, 0.3) is 8.32 Å². The third-order valence-corrected chi connectivity index (χ3v) is 14.5. The van der Waals surface area contributed by atoms with Crippen LogP contribution in [0.3, 0.4) is 0 Å². The fraction of sp³-hybridized carbons (Fsp3) is 0.605. The molecule has 0 spiro atoms. The number of hydrogen-bond donors (Lipinski definition) is 0. The zero-order chi connectivity index (χ0) is 31.4. The Kier molecular flexibility index (Phi) is 13.3. The summed E-state index contributed by atoms with van der Waals surface area (Å²) in [5.74, 6) is 0.366. The number of rotatable bonds is 15. The topological polar surface area (TPSA) is 54.0 Å². The van der Waals surface area contributed by atoms with E-state index in [4.69, 9.17) is 18.6 Å². The van der Waals surface area contributed by atoms with E-state index in [2.05, 4.69) is 101 Å². The van der Waals surface area contributed by atoms with Crippen molar-refractivity contribution < 1.29 is 23.4 Å². The summed E-state index contributed by atoms with van der Waals surface area (Å²) >= 11 is 0. The van der Waals surface area contributed by atoms with E-state index in [0.29, 0.717) is 26.2 Å². The van der Waals surface area contributed by atoms with Crippen LogP contribution in [0.25, 0.3) is 0 Å². The second kappa shape index (κ2) is 16.9. The maximum absolute atomic E-state index is 12.5. The van der Waals surface area contributed by atoms with Crippen LogP contribution in [0.1, 0.15) is 92.4 Å². The minimum Gasteiger partial charge on any atom is -0.462 e. The van der Waals surface area contributed by atoms with Gasteiger partial charge in [-0.2, -0.15) is 0 Å². The molecule has 0 bridgehead atoms. The Morgan fingerprint density at radius 3 is 2.25 bits per heavy atom. The number of hydrogen-bond acceptors (Lipinski definition) is 5. The van der Waals surface area contributed by atoms with Crippen LogP contribution >= 0.6 is 0 Å². The number of unbranched alkanes of at least 4 members (excludes halogenated alkanes) is 2. The summed E-state index contributed by atoms with van der Waals surface area (Å²) in [4.78, 5) is 12.5. The molecule has 5 nitrogen and oxygen atoms in total. The summed E-state index contributed by atoms with van der Waals surface area (Å²) in [6, 6.07) is 21.9. The van der Waals surface area contributed by atoms with Gasteiger partial charge >= 0.3 is 5.97 Å². The molecule has 2 aliphatic rings. The Balaban J connectivity index is 1.70. The van der Waals surface area contributed by atoms with Gasteiger partial charge in [-0.25, -0.2) is 0 Å². The number of carbonyl (C=O) groups excluding carboxylic acids is 1. The molecular weight excluding hydrogens is 564 g/mol. The average Bonchev–Trinajstić information content (AvgIpc) is 3.32. The van der Waals surface area contributed by atoms with Gasteiger partial charge in [0.1, 0.15) is 6.10 Å². The predicted molar refractivity (Wildman–Crippen MR) is 182 cm³/mol. The molecule has 1 saturated heterocycles. The molecule has 2 fully saturated rings. The molecule has 4 rings (SSSR count). The number of ether oxygens (including phenoxy) is 3. The SMILES string of the molecule is CCCCC[C@@H](/C=C/[C@@H]1[C@H]2CCCCC(=O)O[C@H]2C[C@H]1OCCOCC)O[Si](c1ccccc1)(c1ccccc1)C(C)(C)C. The molecule has 1 saturated carbocycles. The number of benzene rings is 2. The van der Waals surface area contributed by atoms with E-state index >= 15 is 0 Å². The van der Waals surface area contributed by atoms with Crippen molar-refractivity contribution in [2.75, 3.05) is 19.8 Å². The van der Waals surface area contributed by atoms with Crippen LogP contribution in [-0.2, 0) is 23.4 Å². The van der Waals surface area contributed by atoms with E-state index in [-0.39, 0.29) is 41.2 Å². The average molecular weight is 621 g/mol. The lowest BCUT2D eigenvalue weighted by molar-refractivity contribution is -0.152. The van der Waals surface area contributed by atoms with Gasteiger partial charge in [0.2, 0.25) is 0 Å². The molecule has 0 aromatic heterocycles. The summed E-state index contributed by atoms with van der Waals surface area (Å²) < 4.78 is 25.7. The van der Waals surface area contributed by atoms with Gasteiger partial charge in [-0.1, -0.05) is 126 Å². The van der Waals surface area contributed by atoms with E-state index in [1.807, 2.05) is 6.92 Å². The van der Waals surface area contributed by atoms with E-state index in [9.17, 15) is 4.79 Å². The first-order valence-corrected chi connectivity index (χ1v) is 19.1. The lowest BCUT2D eigenvalue weighted by Crippen LogP contribution is -2.67. The molecule has 0 amide bonds. The van der Waals surface area contributed by atoms with Gasteiger partial charge in [0.05, 0.1) is 25.4 Å². The minimum atomic E-state index is -2.72. The van der Waals surface area contributed by atoms with Crippen LogP contribution in [0.5, 0.6) is 0 Å². The van der Waals surface area contributed by atoms with Crippen LogP contribution in [0.2, 0.25) is 5.04 Å². The second-order valence-electron chi connectivity index (χ2n) is 13.6. The standard InChI is InChI=1S/C38H56O5Si/c1-6-8-11-18-30(43-44(38(3,4)5,31-19-12-9-13-20-31)32-21-14-10-15-22-32)25-26-34-33-23-16-17-24-37(39)42-36(33)29-35(34)41-28-27-40-7-2/h9-10,12-15,19-22,25-26,30,33-36H,6-8,11,16-18,23-24,27-29H2,1-5H3/b26-25+/t30-,33+,34+,35+,36-/m0/s1. The first kappa shape index (κ1) is 34.6. The van der Waals surface area contributed by atoms with E-state index in [1.165, 1.54) is 23.2 Å². The largest absolute Gasteiger partial charge is 0.462 e. The van der Waals surface area contributed by atoms with Crippen LogP contribution in [0.4, 0.5) is 0 Å². The molecular formula is C38H56O5Si. The maximum Gasteiger partial charge on any atom is 0.306 e. The molecule has 2 aromatic rings. The van der Waals surface area contributed by atoms with E-state index in [0.717, 1.165) is 38.5 Å². The third-order valence-electron chi connectivity index (χ3n) is 9.47. The predicted octanol–water partition coefficient (Wildman–Crippen LogP) is 7.61. The Hall–Kier alpha value is -2.25. The first-order valence-electron chi connectivity index (χ1n) is 17.2. The zero-order valence-corrected chi connectivity index (χ0v) is 28.8. The van der Waals surface area contributed by atoms with Crippen molar-refractivity contribution in [3.8, 4) is 0 Å². The van der Waals surface area contributed by atoms with Crippen molar-refractivity contribution >= 4 is 24.7 Å². The summed E-state index contributed by atoms with van der Waals surface area (Å²) in [5, 5.41) is 2.51. The molecule has 5 atom stereocenters. The molecule has 44 heavy (non-hydrogen) atoms. The Morgan fingerprint density at radius 1 is 0.955 bits per heavy atom. The van der Waals surface area contributed by atoms with Gasteiger partial charge in [-0.3, -0.25) is 4.79 Å². The smallest absolute Gasteiger partial charge is 0.306 e. The molecule has 242 valence electrons. The molecule has 0 radical (unpaired) electrons. The summed E-state index contributed by atoms with van der Waals surface area (Å²) in [6.07, 6.45) is 13.3. The van der Waals surface area contributed by atoms with Crippen molar-refractivity contribution in [1.82, 2.24) is 0 Å². The first-order chi connectivity index (χ1) is 21.3. The highest BCUT2D eigenvalue weighted by molar-refractivity contribution is 6.99. The lowest BCUT2D eigenvalue weighted by atomic mass is 9.87. The van der Waals surface area contributed by atoms with Crippen molar-refractivity contribution in [2.24, 2.45) is 11.8 Å². The molecule has 1 aliphatic heterocycles. The molecule has 1 heterocycles. The summed E-state index contributed by atoms with van der Waals surface area (Å²) in [5.41, 5.74) is 0. The molecule has 1 aliphatic carbocycles. The molecule has 6 heteroatoms. The van der Waals surface area contributed by atoms with Crippen molar-refractivity contribution in [3.63, 3.8) is 0 Å². The Labute approximate surface area is 267 Å². The monoisotopic (exact) mass is 620 g/mol. The number of fused-ring (bicyclic) bond motifs is 1. The Bertz CT molecular complexity index is 1110. The van der Waals surface area contributed by atoms with Gasteiger partial charge < -0.3 is 18.6 Å². The second-order valence-corrected chi connectivity index (χ2v) is 17.8. The van der Waals surface area contributed by atoms with Crippen molar-refractivity contribution in [1.29, 1.82) is 0 Å². The highest BCUT2D eigenvalue weighted by atomic mass is 28.4. The summed E-state index contributed by atoms with van der Waals surface area (Å²) in [7, 11) is -2.72. The lowest BCUT2D eigenvalue weighted by Gasteiger charge is -2.45. The zero-order valence-electron chi connectivity index (χ0n) is 27.8. The fourth-order valence-corrected chi connectivity index (χ4v) is 11.9. The van der Waals surface area contributed by atoms with Crippen LogP contribution in [0.15, 0.2) is 72.8 Å². The van der Waals surface area contributed by atoms with Crippen molar-refractivity contribution in [2.45, 2.75) is 116 Å². The minimum absolute atomic E-state index is 0.00300. The highest BCUT2D eigenvalue weighted by Crippen LogP contribution is 2.43. The van der Waals surface area contributed by atoms with Gasteiger partial charge in [-0.05, 0) is 41.6 Å². The van der Waals surface area contributed by atoms with Gasteiger partial charge in [0, 0.05) is 31.3 Å². The Morgan fingerprint density at radius 2 is 1.64 bits per heavy atom. The van der Waals surface area contributed by atoms with Crippen LogP contribution < -0.4 is 10.4 Å². The third kappa shape index (κ3) is 8.72. The van der Waals surface area contributed by atoms with Crippen molar-refractivity contribution in [3.05, 3.63) is 72.8 Å². The van der Waals surface area contributed by atoms with Gasteiger partial charge in [-0.15, -0.1) is 0 Å². The molecule has 0 unspecified atom stereocenters. The van der Waals surface area contributed by atoms with E-state index < -0.39 is 8.32 Å². The summed E-state index contributed by atoms with van der Waals surface area (Å²) in [6.45, 7) is 13.1. The van der Waals surface area contributed by atoms with Gasteiger partial charge in [0.15, 0.2) is 0 Å². The quantitative estimate of drug-likeness (QED) is 0.0888. The highest BCUT2D eigenvalue weighted by Gasteiger charge is 2.51. The number of carbonyl (C=O) groups is 1.